The summed E-state index contributed by atoms with van der Waals surface area (Å²) in [6.45, 7) is 1.86. The molecule has 0 atom stereocenters. The highest BCUT2D eigenvalue weighted by Crippen LogP contribution is 2.22. The van der Waals surface area contributed by atoms with Crippen molar-refractivity contribution in [3.63, 3.8) is 0 Å². The molecule has 1 aromatic carbocycles. The normalized spacial score (nSPS) is 11.3. The number of benzene rings is 1. The molecule has 3 heterocycles. The molecule has 104 valence electrons. The van der Waals surface area contributed by atoms with Gasteiger partial charge in [-0.3, -0.25) is 0 Å². The molecule has 0 amide bonds. The van der Waals surface area contributed by atoms with Gasteiger partial charge in [0.2, 0.25) is 5.95 Å². The summed E-state index contributed by atoms with van der Waals surface area (Å²) in [4.78, 5) is 16.7. The predicted molar refractivity (Wildman–Crippen MR) is 80.6 cm³/mol. The maximum Gasteiger partial charge on any atom is 0.231 e. The summed E-state index contributed by atoms with van der Waals surface area (Å²) in [5, 5.41) is 8.32. The fourth-order valence-electron chi connectivity index (χ4n) is 2.40. The van der Waals surface area contributed by atoms with E-state index in [4.69, 9.17) is 0 Å². The quantitative estimate of drug-likeness (QED) is 0.586. The molecule has 4 aromatic rings. The third-order valence-electron chi connectivity index (χ3n) is 3.35. The van der Waals surface area contributed by atoms with E-state index in [0.29, 0.717) is 11.8 Å². The molecule has 0 aliphatic carbocycles. The second kappa shape index (κ2) is 4.27. The smallest absolute Gasteiger partial charge is 0.231 e. The molecule has 0 spiro atoms. The van der Waals surface area contributed by atoms with E-state index in [1.165, 1.54) is 0 Å². The second-order valence-electron chi connectivity index (χ2n) is 4.74. The molecule has 3 aromatic heterocycles. The summed E-state index contributed by atoms with van der Waals surface area (Å²) < 4.78 is 1.70. The molecule has 0 aliphatic heterocycles. The molecule has 7 heteroatoms. The molecule has 0 unspecified atom stereocenters. The lowest BCUT2D eigenvalue weighted by Crippen LogP contribution is -2.03. The Labute approximate surface area is 120 Å². The van der Waals surface area contributed by atoms with Crippen LogP contribution in [0, 0.1) is 6.92 Å². The van der Waals surface area contributed by atoms with E-state index in [1.807, 2.05) is 38.2 Å². The lowest BCUT2D eigenvalue weighted by molar-refractivity contribution is 0.840. The number of rotatable bonds is 2. The van der Waals surface area contributed by atoms with Gasteiger partial charge in [-0.15, -0.1) is 0 Å². The molecule has 0 aliphatic rings. The van der Waals surface area contributed by atoms with Crippen molar-refractivity contribution in [1.29, 1.82) is 0 Å². The maximum atomic E-state index is 4.55. The third kappa shape index (κ3) is 1.74. The highest BCUT2D eigenvalue weighted by Gasteiger charge is 2.14. The fraction of sp³-hybridized carbons (Fsp3) is 0.143. The molecular weight excluding hydrogens is 266 g/mol. The average Bonchev–Trinajstić information content (AvgIpc) is 3.09. The van der Waals surface area contributed by atoms with Crippen molar-refractivity contribution in [3.8, 4) is 5.95 Å². The molecule has 0 fully saturated rings. The third-order valence-corrected chi connectivity index (χ3v) is 3.35. The number of nitrogens with one attached hydrogen (secondary N) is 2. The molecule has 0 radical (unpaired) electrons. The van der Waals surface area contributed by atoms with Crippen molar-refractivity contribution in [1.82, 2.24) is 29.7 Å². The topological polar surface area (TPSA) is 84.3 Å². The Morgan fingerprint density at radius 1 is 1.14 bits per heavy atom. The van der Waals surface area contributed by atoms with Crippen LogP contribution in [0.5, 0.6) is 0 Å². The zero-order chi connectivity index (χ0) is 14.4. The summed E-state index contributed by atoms with van der Waals surface area (Å²) in [5.74, 6) is 2.09. The Bertz CT molecular complexity index is 917. The molecule has 7 nitrogen and oxygen atoms in total. The van der Waals surface area contributed by atoms with E-state index in [9.17, 15) is 0 Å². The minimum atomic E-state index is 0.645. The van der Waals surface area contributed by atoms with Crippen LogP contribution in [0.4, 0.5) is 5.82 Å². The Morgan fingerprint density at radius 3 is 2.81 bits per heavy atom. The number of fused-ring (bicyclic) bond motifs is 2. The van der Waals surface area contributed by atoms with Crippen LogP contribution in [0.3, 0.4) is 0 Å². The van der Waals surface area contributed by atoms with Gasteiger partial charge in [-0.1, -0.05) is 12.1 Å². The van der Waals surface area contributed by atoms with Crippen LogP contribution in [0.1, 0.15) is 5.82 Å². The summed E-state index contributed by atoms with van der Waals surface area (Å²) in [5.41, 5.74) is 2.59. The van der Waals surface area contributed by atoms with E-state index in [1.54, 1.807) is 10.9 Å². The fourth-order valence-corrected chi connectivity index (χ4v) is 2.40. The second-order valence-corrected chi connectivity index (χ2v) is 4.74. The number of aromatic amines is 1. The first-order chi connectivity index (χ1) is 10.3. The van der Waals surface area contributed by atoms with Gasteiger partial charge < -0.3 is 10.3 Å². The summed E-state index contributed by atoms with van der Waals surface area (Å²) in [6.07, 6.45) is 1.74. The van der Waals surface area contributed by atoms with E-state index in [0.717, 1.165) is 27.9 Å². The van der Waals surface area contributed by atoms with Crippen LogP contribution in [0.2, 0.25) is 0 Å². The largest absolute Gasteiger partial charge is 0.372 e. The number of aromatic nitrogens is 6. The number of hydrogen-bond acceptors (Lipinski definition) is 5. The van der Waals surface area contributed by atoms with Gasteiger partial charge in [0.15, 0.2) is 5.65 Å². The van der Waals surface area contributed by atoms with Gasteiger partial charge in [0.1, 0.15) is 11.6 Å². The molecule has 0 saturated carbocycles. The summed E-state index contributed by atoms with van der Waals surface area (Å²) >= 11 is 0. The number of aryl methyl sites for hydroxylation is 1. The van der Waals surface area contributed by atoms with Crippen LogP contribution in [-0.2, 0) is 0 Å². The highest BCUT2D eigenvalue weighted by molar-refractivity contribution is 5.87. The van der Waals surface area contributed by atoms with E-state index >= 15 is 0 Å². The highest BCUT2D eigenvalue weighted by atomic mass is 15.4. The van der Waals surface area contributed by atoms with Crippen LogP contribution >= 0.6 is 0 Å². The van der Waals surface area contributed by atoms with Crippen LogP contribution in [0.25, 0.3) is 28.0 Å². The van der Waals surface area contributed by atoms with Gasteiger partial charge in [-0.2, -0.15) is 9.78 Å². The number of nitrogens with zero attached hydrogens (tertiary/aromatic N) is 5. The number of imidazole rings is 1. The van der Waals surface area contributed by atoms with Gasteiger partial charge in [-0.05, 0) is 19.1 Å². The maximum absolute atomic E-state index is 4.55. The summed E-state index contributed by atoms with van der Waals surface area (Å²) in [7, 11) is 1.83. The Morgan fingerprint density at radius 2 is 2.00 bits per heavy atom. The first kappa shape index (κ1) is 11.8. The van der Waals surface area contributed by atoms with Crippen LogP contribution in [-0.4, -0.2) is 36.8 Å². The van der Waals surface area contributed by atoms with E-state index in [2.05, 4.69) is 30.4 Å². The van der Waals surface area contributed by atoms with Crippen molar-refractivity contribution in [2.45, 2.75) is 6.92 Å². The zero-order valence-electron chi connectivity index (χ0n) is 11.6. The first-order valence-corrected chi connectivity index (χ1v) is 6.61. The summed E-state index contributed by atoms with van der Waals surface area (Å²) in [6, 6.07) is 7.87. The first-order valence-electron chi connectivity index (χ1n) is 6.61. The van der Waals surface area contributed by atoms with Gasteiger partial charge in [0, 0.05) is 7.05 Å². The van der Waals surface area contributed by atoms with Gasteiger partial charge in [-0.25, -0.2) is 15.0 Å². The van der Waals surface area contributed by atoms with Crippen molar-refractivity contribution in [3.05, 3.63) is 36.3 Å². The van der Waals surface area contributed by atoms with Gasteiger partial charge >= 0.3 is 0 Å². The molecular formula is C14H13N7. The van der Waals surface area contributed by atoms with Crippen molar-refractivity contribution < 1.29 is 0 Å². The van der Waals surface area contributed by atoms with Crippen molar-refractivity contribution in [2.75, 3.05) is 12.4 Å². The Balaban J connectivity index is 1.99. The monoisotopic (exact) mass is 279 g/mol. The molecule has 0 bridgehead atoms. The Hall–Kier alpha value is -2.96. The minimum absolute atomic E-state index is 0.645. The Kier molecular flexibility index (Phi) is 2.41. The standard InChI is InChI=1S/C14H13N7/c1-8-17-12(15-2)9-7-16-21(13(9)18-8)14-19-10-5-3-4-6-11(10)20-14/h3-7H,1-2H3,(H,19,20)(H,15,17,18). The zero-order valence-corrected chi connectivity index (χ0v) is 11.6. The van der Waals surface area contributed by atoms with Crippen molar-refractivity contribution in [2.24, 2.45) is 0 Å². The van der Waals surface area contributed by atoms with Crippen LogP contribution < -0.4 is 5.32 Å². The molecule has 2 N–H and O–H groups in total. The molecule has 4 rings (SSSR count). The number of anilines is 1. The molecule has 0 saturated heterocycles. The van der Waals surface area contributed by atoms with Gasteiger partial charge in [0.25, 0.3) is 0 Å². The average molecular weight is 279 g/mol. The number of hydrogen-bond donors (Lipinski definition) is 2. The van der Waals surface area contributed by atoms with Gasteiger partial charge in [0.05, 0.1) is 22.6 Å². The van der Waals surface area contributed by atoms with E-state index in [-0.39, 0.29) is 0 Å². The van der Waals surface area contributed by atoms with E-state index < -0.39 is 0 Å². The number of H-pyrrole nitrogens is 1. The lowest BCUT2D eigenvalue weighted by atomic mass is 10.3. The molecule has 21 heavy (non-hydrogen) atoms. The predicted octanol–water partition coefficient (Wildman–Crippen LogP) is 2.04. The van der Waals surface area contributed by atoms with Crippen molar-refractivity contribution >= 4 is 27.9 Å². The van der Waals surface area contributed by atoms with Crippen LogP contribution in [0.15, 0.2) is 30.5 Å². The SMILES string of the molecule is CNc1nc(C)nc2c1cnn2-c1nc2ccccc2[nH]1. The number of para-hydroxylation sites is 2. The minimum Gasteiger partial charge on any atom is -0.372 e. The lowest BCUT2D eigenvalue weighted by Gasteiger charge is -2.03.